The van der Waals surface area contributed by atoms with Crippen molar-refractivity contribution in [2.75, 3.05) is 24.9 Å². The maximum absolute atomic E-state index is 12.2. The van der Waals surface area contributed by atoms with E-state index in [1.54, 1.807) is 24.3 Å². The van der Waals surface area contributed by atoms with Gasteiger partial charge in [0.15, 0.2) is 11.5 Å². The van der Waals surface area contributed by atoms with Crippen molar-refractivity contribution in [2.45, 2.75) is 19.8 Å². The summed E-state index contributed by atoms with van der Waals surface area (Å²) in [6.07, 6.45) is 0. The predicted octanol–water partition coefficient (Wildman–Crippen LogP) is 4.38. The highest BCUT2D eigenvalue weighted by Gasteiger charge is 2.18. The number of hydrogen-bond acceptors (Lipinski definition) is 5. The summed E-state index contributed by atoms with van der Waals surface area (Å²) in [5.74, 6) is 1.12. The number of benzene rings is 2. The Kier molecular flexibility index (Phi) is 6.00. The molecule has 0 aliphatic carbocycles. The fourth-order valence-corrected chi connectivity index (χ4v) is 2.36. The quantitative estimate of drug-likeness (QED) is 0.588. The van der Waals surface area contributed by atoms with Crippen LogP contribution in [0.1, 0.15) is 25.3 Å². The molecule has 0 unspecified atom stereocenters. The Bertz CT molecular complexity index is 820. The molecule has 2 rings (SSSR count). The summed E-state index contributed by atoms with van der Waals surface area (Å²) in [5.41, 5.74) is 1.25. The Balaban J connectivity index is 2.18. The van der Waals surface area contributed by atoms with Crippen LogP contribution < -0.4 is 20.1 Å². The molecule has 0 saturated carbocycles. The highest BCUT2D eigenvalue weighted by atomic mass is 16.6. The van der Waals surface area contributed by atoms with Crippen LogP contribution in [0.2, 0.25) is 0 Å². The topological polar surface area (TPSA) is 103 Å². The molecule has 2 N–H and O–H groups in total. The zero-order chi connectivity index (χ0) is 19.3. The van der Waals surface area contributed by atoms with Crippen LogP contribution in [0.15, 0.2) is 36.4 Å². The third kappa shape index (κ3) is 4.41. The number of carbonyl (C=O) groups excluding carboxylic acids is 1. The van der Waals surface area contributed by atoms with Gasteiger partial charge in [0.2, 0.25) is 0 Å². The van der Waals surface area contributed by atoms with E-state index in [2.05, 4.69) is 10.6 Å². The van der Waals surface area contributed by atoms with Crippen LogP contribution in [0.3, 0.4) is 0 Å². The first-order valence-electron chi connectivity index (χ1n) is 7.94. The van der Waals surface area contributed by atoms with E-state index in [0.29, 0.717) is 17.2 Å². The summed E-state index contributed by atoms with van der Waals surface area (Å²) in [6, 6.07) is 9.03. The molecule has 0 spiro atoms. The molecule has 0 radical (unpaired) electrons. The molecule has 0 aromatic heterocycles. The number of anilines is 2. The number of rotatable bonds is 6. The molecule has 8 nitrogen and oxygen atoms in total. The van der Waals surface area contributed by atoms with E-state index < -0.39 is 11.0 Å². The van der Waals surface area contributed by atoms with Crippen LogP contribution in [0, 0.1) is 10.1 Å². The largest absolute Gasteiger partial charge is 0.493 e. The van der Waals surface area contributed by atoms with Crippen LogP contribution in [-0.2, 0) is 0 Å². The number of methoxy groups -OCH3 is 2. The van der Waals surface area contributed by atoms with Crippen LogP contribution >= 0.6 is 0 Å². The van der Waals surface area contributed by atoms with Gasteiger partial charge in [-0.25, -0.2) is 4.79 Å². The van der Waals surface area contributed by atoms with Crippen molar-refractivity contribution in [3.63, 3.8) is 0 Å². The third-order valence-corrected chi connectivity index (χ3v) is 3.77. The molecule has 0 aliphatic rings. The van der Waals surface area contributed by atoms with E-state index in [4.69, 9.17) is 9.47 Å². The molecule has 8 heteroatoms. The summed E-state index contributed by atoms with van der Waals surface area (Å²) < 4.78 is 10.3. The molecule has 0 heterocycles. The summed E-state index contributed by atoms with van der Waals surface area (Å²) in [4.78, 5) is 23.0. The second-order valence-electron chi connectivity index (χ2n) is 5.84. The van der Waals surface area contributed by atoms with Gasteiger partial charge in [-0.2, -0.15) is 0 Å². The Hall–Kier alpha value is -3.29. The molecular formula is C18H21N3O5. The van der Waals surface area contributed by atoms with Crippen molar-refractivity contribution < 1.29 is 19.2 Å². The summed E-state index contributed by atoms with van der Waals surface area (Å²) in [6.45, 7) is 3.88. The lowest BCUT2D eigenvalue weighted by Crippen LogP contribution is -2.20. The number of nitrogens with zero attached hydrogens (tertiary/aromatic N) is 1. The third-order valence-electron chi connectivity index (χ3n) is 3.77. The van der Waals surface area contributed by atoms with Gasteiger partial charge in [0.1, 0.15) is 5.69 Å². The van der Waals surface area contributed by atoms with Gasteiger partial charge >= 0.3 is 6.03 Å². The highest BCUT2D eigenvalue weighted by Crippen LogP contribution is 2.31. The van der Waals surface area contributed by atoms with E-state index in [1.165, 1.54) is 26.4 Å². The zero-order valence-electron chi connectivity index (χ0n) is 15.0. The molecular weight excluding hydrogens is 338 g/mol. The Morgan fingerprint density at radius 3 is 2.31 bits per heavy atom. The van der Waals surface area contributed by atoms with Gasteiger partial charge in [-0.05, 0) is 29.7 Å². The second kappa shape index (κ2) is 8.19. The van der Waals surface area contributed by atoms with Crippen molar-refractivity contribution in [2.24, 2.45) is 0 Å². The van der Waals surface area contributed by atoms with Gasteiger partial charge in [0, 0.05) is 17.8 Å². The van der Waals surface area contributed by atoms with E-state index in [9.17, 15) is 14.9 Å². The molecule has 2 amide bonds. The summed E-state index contributed by atoms with van der Waals surface area (Å²) >= 11 is 0. The number of hydrogen-bond donors (Lipinski definition) is 2. The van der Waals surface area contributed by atoms with Crippen molar-refractivity contribution in [3.05, 3.63) is 52.1 Å². The lowest BCUT2D eigenvalue weighted by Gasteiger charge is -2.12. The normalized spacial score (nSPS) is 10.3. The molecule has 2 aromatic carbocycles. The van der Waals surface area contributed by atoms with Gasteiger partial charge in [-0.3, -0.25) is 10.1 Å². The van der Waals surface area contributed by atoms with Crippen molar-refractivity contribution in [1.29, 1.82) is 0 Å². The number of carbonyl (C=O) groups is 1. The molecule has 26 heavy (non-hydrogen) atoms. The number of urea groups is 1. The average Bonchev–Trinajstić information content (AvgIpc) is 2.61. The van der Waals surface area contributed by atoms with Crippen molar-refractivity contribution >= 4 is 23.1 Å². The first kappa shape index (κ1) is 19.0. The first-order valence-corrected chi connectivity index (χ1v) is 7.94. The first-order chi connectivity index (χ1) is 12.3. The van der Waals surface area contributed by atoms with Crippen LogP contribution in [0.25, 0.3) is 0 Å². The van der Waals surface area contributed by atoms with Gasteiger partial charge in [0.25, 0.3) is 5.69 Å². The molecule has 2 aromatic rings. The second-order valence-corrected chi connectivity index (χ2v) is 5.84. The molecule has 138 valence electrons. The van der Waals surface area contributed by atoms with Crippen molar-refractivity contribution in [3.8, 4) is 11.5 Å². The number of ether oxygens (including phenoxy) is 2. The van der Waals surface area contributed by atoms with Crippen LogP contribution in [0.4, 0.5) is 21.9 Å². The maximum atomic E-state index is 12.2. The predicted molar refractivity (Wildman–Crippen MR) is 99.4 cm³/mol. The number of nitrogens with one attached hydrogen (secondary N) is 2. The molecule has 0 atom stereocenters. The SMILES string of the molecule is COc1ccc(NC(=O)Nc2ccc(C(C)C)cc2[N+](=O)[O-])cc1OC. The van der Waals surface area contributed by atoms with E-state index >= 15 is 0 Å². The van der Waals surface area contributed by atoms with E-state index in [-0.39, 0.29) is 17.3 Å². The van der Waals surface area contributed by atoms with Gasteiger partial charge in [-0.15, -0.1) is 0 Å². The van der Waals surface area contributed by atoms with Gasteiger partial charge < -0.3 is 20.1 Å². The lowest BCUT2D eigenvalue weighted by molar-refractivity contribution is -0.384. The van der Waals surface area contributed by atoms with E-state index in [1.807, 2.05) is 13.8 Å². The summed E-state index contributed by atoms with van der Waals surface area (Å²) in [7, 11) is 3.00. The standard InChI is InChI=1S/C18H21N3O5/c1-11(2)12-5-7-14(15(9-12)21(23)24)20-18(22)19-13-6-8-16(25-3)17(10-13)26-4/h5-11H,1-4H3,(H2,19,20,22). The molecule has 0 saturated heterocycles. The van der Waals surface area contributed by atoms with E-state index in [0.717, 1.165) is 5.56 Å². The highest BCUT2D eigenvalue weighted by molar-refractivity contribution is 6.01. The molecule has 0 aliphatic heterocycles. The Morgan fingerprint density at radius 1 is 1.04 bits per heavy atom. The molecule has 0 fully saturated rings. The zero-order valence-corrected chi connectivity index (χ0v) is 15.0. The van der Waals surface area contributed by atoms with Crippen molar-refractivity contribution in [1.82, 2.24) is 0 Å². The average molecular weight is 359 g/mol. The Morgan fingerprint density at radius 2 is 1.73 bits per heavy atom. The van der Waals surface area contributed by atoms with Gasteiger partial charge in [-0.1, -0.05) is 19.9 Å². The fourth-order valence-electron chi connectivity index (χ4n) is 2.36. The maximum Gasteiger partial charge on any atom is 0.323 e. The number of nitro benzene ring substituents is 1. The monoisotopic (exact) mass is 359 g/mol. The summed E-state index contributed by atoms with van der Waals surface area (Å²) in [5, 5.41) is 16.4. The molecule has 0 bridgehead atoms. The number of amides is 2. The lowest BCUT2D eigenvalue weighted by atomic mass is 10.0. The van der Waals surface area contributed by atoms with Gasteiger partial charge in [0.05, 0.1) is 19.1 Å². The minimum Gasteiger partial charge on any atom is -0.493 e. The fraction of sp³-hybridized carbons (Fsp3) is 0.278. The van der Waals surface area contributed by atoms with Crippen LogP contribution in [0.5, 0.6) is 11.5 Å². The minimum absolute atomic E-state index is 0.123. The smallest absolute Gasteiger partial charge is 0.323 e. The minimum atomic E-state index is -0.599. The number of nitro groups is 1. The van der Waals surface area contributed by atoms with Crippen LogP contribution in [-0.4, -0.2) is 25.2 Å². The Labute approximate surface area is 151 Å².